The van der Waals surface area contributed by atoms with Crippen LogP contribution in [0.1, 0.15) is 24.6 Å². The molecule has 0 saturated carbocycles. The summed E-state index contributed by atoms with van der Waals surface area (Å²) in [5, 5.41) is 14.3. The Bertz CT molecular complexity index is 1180. The van der Waals surface area contributed by atoms with Crippen molar-refractivity contribution in [3.05, 3.63) is 48.3 Å². The van der Waals surface area contributed by atoms with Crippen molar-refractivity contribution >= 4 is 28.2 Å². The standard InChI is InChI=1S/C20H21FN8/c1-27(2)18-6-5-17-24-25-19(29(17)26-18)13-7-9-28(10-8-13)20-15-4-3-14(21)11-16(15)22-12-23-20/h3-6,11-13H,7-10H2,1-2H3. The molecule has 5 rings (SSSR count). The van der Waals surface area contributed by atoms with E-state index in [-0.39, 0.29) is 11.7 Å². The molecule has 8 nitrogen and oxygen atoms in total. The fourth-order valence-electron chi connectivity index (χ4n) is 3.91. The summed E-state index contributed by atoms with van der Waals surface area (Å²) in [4.78, 5) is 12.9. The number of fused-ring (bicyclic) bond motifs is 2. The first-order chi connectivity index (χ1) is 14.1. The number of hydrogen-bond acceptors (Lipinski definition) is 7. The molecule has 3 aromatic heterocycles. The third-order valence-corrected chi connectivity index (χ3v) is 5.47. The van der Waals surface area contributed by atoms with Crippen LogP contribution in [0.2, 0.25) is 0 Å². The van der Waals surface area contributed by atoms with Gasteiger partial charge in [-0.2, -0.15) is 4.52 Å². The van der Waals surface area contributed by atoms with Gasteiger partial charge in [-0.15, -0.1) is 15.3 Å². The fourth-order valence-corrected chi connectivity index (χ4v) is 3.91. The minimum absolute atomic E-state index is 0.275. The molecule has 0 radical (unpaired) electrons. The van der Waals surface area contributed by atoms with Gasteiger partial charge >= 0.3 is 0 Å². The molecule has 0 aliphatic carbocycles. The van der Waals surface area contributed by atoms with E-state index in [2.05, 4.69) is 30.2 Å². The van der Waals surface area contributed by atoms with Gasteiger partial charge in [-0.3, -0.25) is 0 Å². The Hall–Kier alpha value is -3.36. The van der Waals surface area contributed by atoms with Crippen LogP contribution in [0.5, 0.6) is 0 Å². The Morgan fingerprint density at radius 3 is 2.66 bits per heavy atom. The van der Waals surface area contributed by atoms with E-state index in [9.17, 15) is 4.39 Å². The van der Waals surface area contributed by atoms with Crippen molar-refractivity contribution in [1.82, 2.24) is 29.8 Å². The maximum absolute atomic E-state index is 13.5. The van der Waals surface area contributed by atoms with E-state index in [1.807, 2.05) is 35.6 Å². The second kappa shape index (κ2) is 6.91. The molecule has 1 aromatic carbocycles. The van der Waals surface area contributed by atoms with Gasteiger partial charge in [0.2, 0.25) is 0 Å². The highest BCUT2D eigenvalue weighted by atomic mass is 19.1. The van der Waals surface area contributed by atoms with Crippen molar-refractivity contribution in [1.29, 1.82) is 0 Å². The summed E-state index contributed by atoms with van der Waals surface area (Å²) in [6.45, 7) is 1.66. The molecular formula is C20H21FN8. The lowest BCUT2D eigenvalue weighted by molar-refractivity contribution is 0.476. The monoisotopic (exact) mass is 392 g/mol. The minimum atomic E-state index is -0.288. The van der Waals surface area contributed by atoms with Gasteiger partial charge < -0.3 is 9.80 Å². The number of anilines is 2. The van der Waals surface area contributed by atoms with E-state index in [0.29, 0.717) is 5.52 Å². The molecule has 4 aromatic rings. The summed E-state index contributed by atoms with van der Waals surface area (Å²) in [5.74, 6) is 2.61. The van der Waals surface area contributed by atoms with Crippen LogP contribution in [0.25, 0.3) is 16.6 Å². The Balaban J connectivity index is 1.40. The predicted octanol–water partition coefficient (Wildman–Crippen LogP) is 2.66. The second-order valence-electron chi connectivity index (χ2n) is 7.53. The summed E-state index contributed by atoms with van der Waals surface area (Å²) in [7, 11) is 3.93. The van der Waals surface area contributed by atoms with Gasteiger partial charge in [0.25, 0.3) is 0 Å². The van der Waals surface area contributed by atoms with Crippen LogP contribution in [-0.4, -0.2) is 57.0 Å². The Kier molecular flexibility index (Phi) is 4.22. The van der Waals surface area contributed by atoms with Crippen molar-refractivity contribution < 1.29 is 4.39 Å². The largest absolute Gasteiger partial charge is 0.361 e. The van der Waals surface area contributed by atoms with E-state index in [4.69, 9.17) is 0 Å². The zero-order chi connectivity index (χ0) is 20.0. The van der Waals surface area contributed by atoms with Gasteiger partial charge in [0.1, 0.15) is 23.8 Å². The van der Waals surface area contributed by atoms with E-state index >= 15 is 0 Å². The number of aromatic nitrogens is 6. The third-order valence-electron chi connectivity index (χ3n) is 5.47. The minimum Gasteiger partial charge on any atom is -0.361 e. The molecule has 1 saturated heterocycles. The zero-order valence-electron chi connectivity index (χ0n) is 16.3. The van der Waals surface area contributed by atoms with E-state index in [1.165, 1.54) is 18.5 Å². The number of rotatable bonds is 3. The first kappa shape index (κ1) is 17.7. The highest BCUT2D eigenvalue weighted by Crippen LogP contribution is 2.31. The van der Waals surface area contributed by atoms with Gasteiger partial charge in [-0.1, -0.05) is 0 Å². The average molecular weight is 392 g/mol. The van der Waals surface area contributed by atoms with Gasteiger partial charge in [0.15, 0.2) is 11.5 Å². The Morgan fingerprint density at radius 2 is 1.86 bits per heavy atom. The van der Waals surface area contributed by atoms with Gasteiger partial charge in [-0.25, -0.2) is 14.4 Å². The summed E-state index contributed by atoms with van der Waals surface area (Å²) in [6.07, 6.45) is 3.34. The summed E-state index contributed by atoms with van der Waals surface area (Å²) >= 11 is 0. The number of piperidine rings is 1. The van der Waals surface area contributed by atoms with Crippen LogP contribution in [-0.2, 0) is 0 Å². The maximum Gasteiger partial charge on any atom is 0.178 e. The smallest absolute Gasteiger partial charge is 0.178 e. The molecule has 0 bridgehead atoms. The van der Waals surface area contributed by atoms with Gasteiger partial charge in [0.05, 0.1) is 5.52 Å². The quantitative estimate of drug-likeness (QED) is 0.531. The molecule has 0 amide bonds. The van der Waals surface area contributed by atoms with Crippen molar-refractivity contribution in [3.63, 3.8) is 0 Å². The Morgan fingerprint density at radius 1 is 1.03 bits per heavy atom. The van der Waals surface area contributed by atoms with E-state index in [1.54, 1.807) is 6.07 Å². The average Bonchev–Trinajstić information content (AvgIpc) is 3.16. The molecular weight excluding hydrogens is 371 g/mol. The Labute approximate surface area is 167 Å². The van der Waals surface area contributed by atoms with E-state index in [0.717, 1.165) is 54.4 Å². The van der Waals surface area contributed by atoms with Crippen molar-refractivity contribution in [3.8, 4) is 0 Å². The maximum atomic E-state index is 13.5. The fraction of sp³-hybridized carbons (Fsp3) is 0.350. The topological polar surface area (TPSA) is 75.3 Å². The molecule has 0 N–H and O–H groups in total. The number of halogens is 1. The van der Waals surface area contributed by atoms with Crippen molar-refractivity contribution in [2.75, 3.05) is 37.0 Å². The lowest BCUT2D eigenvalue weighted by atomic mass is 9.96. The number of benzene rings is 1. The van der Waals surface area contributed by atoms with Crippen LogP contribution in [0.3, 0.4) is 0 Å². The molecule has 29 heavy (non-hydrogen) atoms. The van der Waals surface area contributed by atoms with Gasteiger partial charge in [0, 0.05) is 44.6 Å². The summed E-state index contributed by atoms with van der Waals surface area (Å²) in [6, 6.07) is 8.55. The van der Waals surface area contributed by atoms with E-state index < -0.39 is 0 Å². The summed E-state index contributed by atoms with van der Waals surface area (Å²) < 4.78 is 15.4. The van der Waals surface area contributed by atoms with Crippen LogP contribution >= 0.6 is 0 Å². The molecule has 1 aliphatic heterocycles. The van der Waals surface area contributed by atoms with Crippen LogP contribution in [0.4, 0.5) is 16.0 Å². The molecule has 1 fully saturated rings. The molecule has 9 heteroatoms. The molecule has 0 spiro atoms. The first-order valence-electron chi connectivity index (χ1n) is 9.65. The lowest BCUT2D eigenvalue weighted by Crippen LogP contribution is -2.34. The van der Waals surface area contributed by atoms with Crippen LogP contribution in [0, 0.1) is 5.82 Å². The highest BCUT2D eigenvalue weighted by Gasteiger charge is 2.26. The normalized spacial score (nSPS) is 15.3. The second-order valence-corrected chi connectivity index (χ2v) is 7.53. The van der Waals surface area contributed by atoms with Crippen LogP contribution in [0.15, 0.2) is 36.7 Å². The lowest BCUT2D eigenvalue weighted by Gasteiger charge is -2.32. The van der Waals surface area contributed by atoms with Crippen molar-refractivity contribution in [2.45, 2.75) is 18.8 Å². The first-order valence-corrected chi connectivity index (χ1v) is 9.65. The van der Waals surface area contributed by atoms with Crippen LogP contribution < -0.4 is 9.80 Å². The predicted molar refractivity (Wildman–Crippen MR) is 109 cm³/mol. The number of hydrogen-bond donors (Lipinski definition) is 0. The van der Waals surface area contributed by atoms with Crippen molar-refractivity contribution in [2.24, 2.45) is 0 Å². The molecule has 1 aliphatic rings. The molecule has 0 unspecified atom stereocenters. The SMILES string of the molecule is CN(C)c1ccc2nnc(C3CCN(c4ncnc5cc(F)ccc45)CC3)n2n1. The third kappa shape index (κ3) is 3.12. The molecule has 4 heterocycles. The molecule has 148 valence electrons. The zero-order valence-corrected chi connectivity index (χ0v) is 16.3. The molecule has 0 atom stereocenters. The van der Waals surface area contributed by atoms with Gasteiger partial charge in [-0.05, 0) is 37.1 Å². The summed E-state index contributed by atoms with van der Waals surface area (Å²) in [5.41, 5.74) is 1.39. The number of nitrogens with zero attached hydrogens (tertiary/aromatic N) is 8. The highest BCUT2D eigenvalue weighted by molar-refractivity contribution is 5.89.